The molecule has 120 valence electrons. The van der Waals surface area contributed by atoms with E-state index in [9.17, 15) is 9.59 Å². The normalized spacial score (nSPS) is 13.3. The van der Waals surface area contributed by atoms with Crippen molar-refractivity contribution in [2.45, 2.75) is 18.2 Å². The maximum Gasteiger partial charge on any atom is 0.252 e. The molecule has 0 radical (unpaired) electrons. The second-order valence-corrected chi connectivity index (χ2v) is 6.57. The Morgan fingerprint density at radius 2 is 1.70 bits per heavy atom. The largest absolute Gasteiger partial charge is 0.367 e. The van der Waals surface area contributed by atoms with Crippen LogP contribution in [0.2, 0.25) is 0 Å². The van der Waals surface area contributed by atoms with Gasteiger partial charge in [0.1, 0.15) is 0 Å². The Balaban J connectivity index is 2.38. The van der Waals surface area contributed by atoms with Crippen LogP contribution in [0, 0.1) is 0 Å². The van der Waals surface area contributed by atoms with Crippen molar-refractivity contribution in [1.29, 1.82) is 0 Å². The minimum Gasteiger partial charge on any atom is -0.367 e. The Hall–Kier alpha value is -2.11. The van der Waals surface area contributed by atoms with Crippen molar-refractivity contribution < 1.29 is 9.59 Å². The van der Waals surface area contributed by atoms with Gasteiger partial charge in [0.2, 0.25) is 0 Å². The molecule has 0 aromatic heterocycles. The monoisotopic (exact) mass is 328 g/mol. The molecule has 0 saturated heterocycles. The molecule has 23 heavy (non-hydrogen) atoms. The van der Waals surface area contributed by atoms with E-state index in [1.165, 1.54) is 11.8 Å². The van der Waals surface area contributed by atoms with E-state index in [0.717, 1.165) is 6.42 Å². The zero-order valence-electron chi connectivity index (χ0n) is 13.0. The van der Waals surface area contributed by atoms with Gasteiger partial charge in [-0.3, -0.25) is 9.59 Å². The van der Waals surface area contributed by atoms with Gasteiger partial charge in [-0.25, -0.2) is 0 Å². The third-order valence-corrected chi connectivity index (χ3v) is 4.99. The summed E-state index contributed by atoms with van der Waals surface area (Å²) in [6, 6.07) is 15.8. The molecular formula is C18H20N2O2S. The number of ketones is 1. The summed E-state index contributed by atoms with van der Waals surface area (Å²) < 4.78 is 0. The van der Waals surface area contributed by atoms with Crippen LogP contribution in [0.4, 0.5) is 0 Å². The molecule has 0 spiro atoms. The van der Waals surface area contributed by atoms with Gasteiger partial charge in [-0.1, -0.05) is 55.5 Å². The second kappa shape index (κ2) is 7.44. The summed E-state index contributed by atoms with van der Waals surface area (Å²) in [5.74, 6) is -0.0175. The van der Waals surface area contributed by atoms with Gasteiger partial charge in [0.15, 0.2) is 10.7 Å². The summed E-state index contributed by atoms with van der Waals surface area (Å²) in [6.07, 6.45) is 0.875. The number of hydrogen-bond acceptors (Lipinski definition) is 4. The van der Waals surface area contributed by atoms with Crippen molar-refractivity contribution in [3.05, 3.63) is 71.3 Å². The zero-order chi connectivity index (χ0) is 16.9. The smallest absolute Gasteiger partial charge is 0.252 e. The molecule has 0 aliphatic carbocycles. The number of carbonyl (C=O) groups excluding carboxylic acids is 2. The lowest BCUT2D eigenvalue weighted by Gasteiger charge is -2.26. The van der Waals surface area contributed by atoms with Gasteiger partial charge in [0.05, 0.1) is 0 Å². The first kappa shape index (κ1) is 17.2. The molecule has 0 saturated carbocycles. The van der Waals surface area contributed by atoms with Crippen LogP contribution in [-0.2, 0) is 9.67 Å². The highest BCUT2D eigenvalue weighted by atomic mass is 32.2. The molecule has 2 rings (SSSR count). The van der Waals surface area contributed by atoms with E-state index in [2.05, 4.69) is 0 Å². The first-order valence-electron chi connectivity index (χ1n) is 7.42. The molecule has 0 fully saturated rings. The number of thioether (sulfide) groups is 1. The average molecular weight is 328 g/mol. The van der Waals surface area contributed by atoms with Crippen LogP contribution >= 0.6 is 11.8 Å². The van der Waals surface area contributed by atoms with Crippen molar-refractivity contribution in [3.63, 3.8) is 0 Å². The van der Waals surface area contributed by atoms with Crippen LogP contribution in [0.15, 0.2) is 54.6 Å². The number of primary amides is 1. The minimum atomic E-state index is -1.33. The third-order valence-electron chi connectivity index (χ3n) is 3.49. The Bertz CT molecular complexity index is 703. The van der Waals surface area contributed by atoms with Gasteiger partial charge in [-0.05, 0) is 23.8 Å². The maximum absolute atomic E-state index is 12.5. The van der Waals surface area contributed by atoms with E-state index in [1.54, 1.807) is 36.4 Å². The highest BCUT2D eigenvalue weighted by Crippen LogP contribution is 2.32. The summed E-state index contributed by atoms with van der Waals surface area (Å²) in [7, 11) is 0. The molecule has 0 aliphatic heterocycles. The van der Waals surface area contributed by atoms with E-state index in [1.807, 2.05) is 25.1 Å². The fourth-order valence-electron chi connectivity index (χ4n) is 2.21. The Morgan fingerprint density at radius 1 is 1.04 bits per heavy atom. The molecule has 1 amide bonds. The van der Waals surface area contributed by atoms with Gasteiger partial charge in [0.25, 0.3) is 5.91 Å². The standard InChI is InChI=1S/C18H20N2O2S/c1-2-11-23-18(20,17(19)22)15-10-6-9-14(12-15)16(21)13-7-4-3-5-8-13/h3-10,12H,2,11,20H2,1H3,(H2,19,22). The van der Waals surface area contributed by atoms with Crippen molar-refractivity contribution in [2.24, 2.45) is 11.5 Å². The summed E-state index contributed by atoms with van der Waals surface area (Å²) in [5, 5.41) is 0. The van der Waals surface area contributed by atoms with Crippen molar-refractivity contribution >= 4 is 23.5 Å². The summed E-state index contributed by atoms with van der Waals surface area (Å²) in [4.78, 5) is 23.1. The lowest BCUT2D eigenvalue weighted by atomic mass is 9.98. The molecule has 2 aromatic carbocycles. The van der Waals surface area contributed by atoms with E-state index in [0.29, 0.717) is 22.4 Å². The van der Waals surface area contributed by atoms with E-state index in [-0.39, 0.29) is 5.78 Å². The highest BCUT2D eigenvalue weighted by Gasteiger charge is 2.34. The fourth-order valence-corrected chi connectivity index (χ4v) is 3.17. The second-order valence-electron chi connectivity index (χ2n) is 5.22. The summed E-state index contributed by atoms with van der Waals surface area (Å²) in [6.45, 7) is 2.00. The van der Waals surface area contributed by atoms with Crippen LogP contribution in [0.3, 0.4) is 0 Å². The molecule has 4 nitrogen and oxygen atoms in total. The van der Waals surface area contributed by atoms with E-state index < -0.39 is 10.8 Å². The van der Waals surface area contributed by atoms with Crippen LogP contribution < -0.4 is 11.5 Å². The lowest BCUT2D eigenvalue weighted by Crippen LogP contribution is -2.46. The molecule has 4 N–H and O–H groups in total. The van der Waals surface area contributed by atoms with Crippen molar-refractivity contribution in [2.75, 3.05) is 5.75 Å². The van der Waals surface area contributed by atoms with Gasteiger partial charge in [-0.2, -0.15) is 0 Å². The number of hydrogen-bond donors (Lipinski definition) is 2. The third kappa shape index (κ3) is 3.81. The predicted octanol–water partition coefficient (Wildman–Crippen LogP) is 2.66. The predicted molar refractivity (Wildman–Crippen MR) is 94.1 cm³/mol. The van der Waals surface area contributed by atoms with Crippen LogP contribution in [0.5, 0.6) is 0 Å². The molecule has 5 heteroatoms. The maximum atomic E-state index is 12.5. The Kier molecular flexibility index (Phi) is 5.58. The van der Waals surface area contributed by atoms with Crippen molar-refractivity contribution in [1.82, 2.24) is 0 Å². The van der Waals surface area contributed by atoms with Gasteiger partial charge >= 0.3 is 0 Å². The van der Waals surface area contributed by atoms with Crippen LogP contribution in [-0.4, -0.2) is 17.4 Å². The molecule has 2 aromatic rings. The quantitative estimate of drug-likeness (QED) is 0.604. The topological polar surface area (TPSA) is 86.2 Å². The highest BCUT2D eigenvalue weighted by molar-refractivity contribution is 8.00. The number of rotatable bonds is 7. The van der Waals surface area contributed by atoms with Gasteiger partial charge in [-0.15, -0.1) is 11.8 Å². The number of amides is 1. The fraction of sp³-hybridized carbons (Fsp3) is 0.222. The molecule has 1 atom stereocenters. The molecule has 1 unspecified atom stereocenters. The minimum absolute atomic E-state index is 0.111. The van der Waals surface area contributed by atoms with Gasteiger partial charge in [0, 0.05) is 11.1 Å². The molecule has 0 aliphatic rings. The average Bonchev–Trinajstić information content (AvgIpc) is 2.59. The number of benzene rings is 2. The first-order valence-corrected chi connectivity index (χ1v) is 8.40. The van der Waals surface area contributed by atoms with Crippen LogP contribution in [0.25, 0.3) is 0 Å². The van der Waals surface area contributed by atoms with Crippen molar-refractivity contribution in [3.8, 4) is 0 Å². The number of nitrogens with two attached hydrogens (primary N) is 2. The molecule has 0 bridgehead atoms. The Morgan fingerprint density at radius 3 is 2.30 bits per heavy atom. The number of carbonyl (C=O) groups is 2. The van der Waals surface area contributed by atoms with Crippen LogP contribution in [0.1, 0.15) is 34.8 Å². The molecular weight excluding hydrogens is 308 g/mol. The van der Waals surface area contributed by atoms with E-state index >= 15 is 0 Å². The lowest BCUT2D eigenvalue weighted by molar-refractivity contribution is -0.120. The van der Waals surface area contributed by atoms with E-state index in [4.69, 9.17) is 11.5 Å². The summed E-state index contributed by atoms with van der Waals surface area (Å²) >= 11 is 1.29. The first-order chi connectivity index (χ1) is 11.0. The summed E-state index contributed by atoms with van der Waals surface area (Å²) in [5.41, 5.74) is 13.4. The SMILES string of the molecule is CCCSC(N)(C(N)=O)c1cccc(C(=O)c2ccccc2)c1. The zero-order valence-corrected chi connectivity index (χ0v) is 13.8. The van der Waals surface area contributed by atoms with Gasteiger partial charge < -0.3 is 11.5 Å². The Labute approximate surface area is 140 Å². The molecule has 0 heterocycles.